The molecule has 1 aliphatic rings. The number of carbonyl (C=O) groups is 2. The highest BCUT2D eigenvalue weighted by molar-refractivity contribution is 6.05. The minimum Gasteiger partial charge on any atom is -0.491 e. The van der Waals surface area contributed by atoms with Crippen molar-refractivity contribution in [3.05, 3.63) is 23.3 Å². The van der Waals surface area contributed by atoms with Gasteiger partial charge < -0.3 is 15.6 Å². The number of benzene rings is 1. The van der Waals surface area contributed by atoms with Gasteiger partial charge in [0, 0.05) is 12.1 Å². The molecule has 1 aromatic carbocycles. The maximum Gasteiger partial charge on any atom is 0.339 e. The van der Waals surface area contributed by atoms with Gasteiger partial charge in [0.2, 0.25) is 0 Å². The second-order valence-corrected chi connectivity index (χ2v) is 3.27. The molecule has 1 heterocycles. The molecule has 0 saturated heterocycles. The zero-order chi connectivity index (χ0) is 11.0. The van der Waals surface area contributed by atoms with Crippen molar-refractivity contribution in [2.75, 3.05) is 12.3 Å². The number of carbonyl (C=O) groups excluding carboxylic acids is 1. The number of nitrogen functional groups attached to an aromatic ring is 1. The molecule has 3 N–H and O–H groups in total. The monoisotopic (exact) mass is 207 g/mol. The fourth-order valence-corrected chi connectivity index (χ4v) is 1.55. The van der Waals surface area contributed by atoms with Gasteiger partial charge in [-0.25, -0.2) is 4.79 Å². The van der Waals surface area contributed by atoms with Gasteiger partial charge in [-0.05, 0) is 12.1 Å². The quantitative estimate of drug-likeness (QED) is 0.668. The first-order valence-electron chi connectivity index (χ1n) is 4.42. The van der Waals surface area contributed by atoms with Crippen molar-refractivity contribution >= 4 is 17.4 Å². The highest BCUT2D eigenvalue weighted by atomic mass is 16.5. The van der Waals surface area contributed by atoms with E-state index in [9.17, 15) is 9.59 Å². The summed E-state index contributed by atoms with van der Waals surface area (Å²) in [5.74, 6) is -1.15. The molecule has 5 heteroatoms. The Hall–Kier alpha value is -2.04. The van der Waals surface area contributed by atoms with Gasteiger partial charge in [0.15, 0.2) is 5.78 Å². The topological polar surface area (TPSA) is 89.6 Å². The van der Waals surface area contributed by atoms with Crippen LogP contribution in [0.5, 0.6) is 5.75 Å². The van der Waals surface area contributed by atoms with Crippen LogP contribution in [0.4, 0.5) is 5.69 Å². The highest BCUT2D eigenvalue weighted by Crippen LogP contribution is 2.31. The maximum absolute atomic E-state index is 11.5. The fraction of sp³-hybridized carbons (Fsp3) is 0.200. The maximum atomic E-state index is 11.5. The smallest absolute Gasteiger partial charge is 0.339 e. The Morgan fingerprint density at radius 1 is 1.47 bits per heavy atom. The molecule has 1 aromatic rings. The van der Waals surface area contributed by atoms with E-state index in [1.54, 1.807) is 0 Å². The van der Waals surface area contributed by atoms with Gasteiger partial charge in [0.1, 0.15) is 11.3 Å². The minimum atomic E-state index is -1.15. The first-order valence-corrected chi connectivity index (χ1v) is 4.42. The fourth-order valence-electron chi connectivity index (χ4n) is 1.55. The summed E-state index contributed by atoms with van der Waals surface area (Å²) in [5.41, 5.74) is 5.97. The van der Waals surface area contributed by atoms with Crippen molar-refractivity contribution < 1.29 is 19.4 Å². The number of rotatable bonds is 1. The number of Topliss-reactive ketones (excluding diaryl/α,β-unsaturated/α-hetero) is 1. The summed E-state index contributed by atoms with van der Waals surface area (Å²) >= 11 is 0. The van der Waals surface area contributed by atoms with Crippen LogP contribution in [0, 0.1) is 0 Å². The molecule has 0 radical (unpaired) electrons. The molecule has 0 atom stereocenters. The summed E-state index contributed by atoms with van der Waals surface area (Å²) in [6, 6.07) is 2.74. The predicted molar refractivity (Wildman–Crippen MR) is 52.3 cm³/mol. The normalized spacial score (nSPS) is 14.3. The van der Waals surface area contributed by atoms with Gasteiger partial charge in [-0.15, -0.1) is 0 Å². The third-order valence-electron chi connectivity index (χ3n) is 2.22. The van der Waals surface area contributed by atoms with E-state index in [1.165, 1.54) is 12.1 Å². The molecule has 0 saturated carbocycles. The number of aromatic carboxylic acids is 1. The van der Waals surface area contributed by atoms with Crippen LogP contribution in [0.2, 0.25) is 0 Å². The second-order valence-electron chi connectivity index (χ2n) is 3.27. The van der Waals surface area contributed by atoms with E-state index in [1.807, 2.05) is 0 Å². The molecule has 1 aliphatic heterocycles. The standard InChI is InChI=1S/C10H9NO4/c11-5-3-6-8(12)1-2-15-9(6)7(4-5)10(13)14/h3-4H,1-2,11H2,(H,13,14). The number of carboxylic acid groups (broad SMARTS) is 1. The molecule has 0 fully saturated rings. The molecule has 5 nitrogen and oxygen atoms in total. The average Bonchev–Trinajstić information content (AvgIpc) is 2.18. The molecular weight excluding hydrogens is 198 g/mol. The Bertz CT molecular complexity index is 436. The first-order chi connectivity index (χ1) is 7.09. The van der Waals surface area contributed by atoms with Crippen LogP contribution in [0.3, 0.4) is 0 Å². The number of hydrogen-bond donors (Lipinski definition) is 2. The average molecular weight is 207 g/mol. The molecule has 78 valence electrons. The van der Waals surface area contributed by atoms with Crippen LogP contribution in [-0.2, 0) is 0 Å². The summed E-state index contributed by atoms with van der Waals surface area (Å²) < 4.78 is 5.18. The first kappa shape index (κ1) is 9.51. The summed E-state index contributed by atoms with van der Waals surface area (Å²) in [7, 11) is 0. The Kier molecular flexibility index (Phi) is 2.07. The van der Waals surface area contributed by atoms with Gasteiger partial charge >= 0.3 is 5.97 Å². The molecular formula is C10H9NO4. The van der Waals surface area contributed by atoms with Crippen molar-refractivity contribution in [1.29, 1.82) is 0 Å². The van der Waals surface area contributed by atoms with Crippen molar-refractivity contribution in [2.45, 2.75) is 6.42 Å². The highest BCUT2D eigenvalue weighted by Gasteiger charge is 2.24. The summed E-state index contributed by atoms with van der Waals surface area (Å²) in [6.07, 6.45) is 0.259. The van der Waals surface area contributed by atoms with E-state index in [2.05, 4.69) is 0 Å². The molecule has 0 unspecified atom stereocenters. The number of fused-ring (bicyclic) bond motifs is 1. The lowest BCUT2D eigenvalue weighted by Gasteiger charge is -2.18. The molecule has 0 aliphatic carbocycles. The van der Waals surface area contributed by atoms with Crippen molar-refractivity contribution in [3.63, 3.8) is 0 Å². The van der Waals surface area contributed by atoms with E-state index in [4.69, 9.17) is 15.6 Å². The molecule has 2 rings (SSSR count). The lowest BCUT2D eigenvalue weighted by molar-refractivity contribution is 0.0691. The van der Waals surface area contributed by atoms with Crippen LogP contribution < -0.4 is 10.5 Å². The number of ketones is 1. The zero-order valence-electron chi connectivity index (χ0n) is 7.82. The van der Waals surface area contributed by atoms with Gasteiger partial charge in [-0.1, -0.05) is 0 Å². The van der Waals surface area contributed by atoms with Crippen LogP contribution in [0.25, 0.3) is 0 Å². The number of carboxylic acids is 1. The molecule has 0 spiro atoms. The van der Waals surface area contributed by atoms with E-state index < -0.39 is 5.97 Å². The van der Waals surface area contributed by atoms with Crippen LogP contribution in [0.1, 0.15) is 27.1 Å². The molecule has 0 amide bonds. The van der Waals surface area contributed by atoms with Gasteiger partial charge in [0.05, 0.1) is 12.2 Å². The SMILES string of the molecule is Nc1cc(C(=O)O)c2c(c1)C(=O)CCO2. The predicted octanol–water partition coefficient (Wildman–Crippen LogP) is 0.932. The summed E-state index contributed by atoms with van der Waals surface area (Å²) in [5, 5.41) is 8.90. The summed E-state index contributed by atoms with van der Waals surface area (Å²) in [4.78, 5) is 22.4. The number of anilines is 1. The van der Waals surface area contributed by atoms with Crippen molar-refractivity contribution in [1.82, 2.24) is 0 Å². The second kappa shape index (κ2) is 3.27. The Morgan fingerprint density at radius 3 is 2.87 bits per heavy atom. The number of hydrogen-bond acceptors (Lipinski definition) is 4. The molecule has 15 heavy (non-hydrogen) atoms. The van der Waals surface area contributed by atoms with Gasteiger partial charge in [-0.3, -0.25) is 4.79 Å². The zero-order valence-corrected chi connectivity index (χ0v) is 7.82. The van der Waals surface area contributed by atoms with Crippen molar-refractivity contribution in [3.8, 4) is 5.75 Å². The van der Waals surface area contributed by atoms with Gasteiger partial charge in [0.25, 0.3) is 0 Å². The lowest BCUT2D eigenvalue weighted by atomic mass is 10.0. The third-order valence-corrected chi connectivity index (χ3v) is 2.22. The third kappa shape index (κ3) is 1.52. The van der Waals surface area contributed by atoms with E-state index in [0.717, 1.165) is 0 Å². The molecule has 0 aromatic heterocycles. The Balaban J connectivity index is 2.67. The minimum absolute atomic E-state index is 0.0574. The van der Waals surface area contributed by atoms with E-state index in [-0.39, 0.29) is 41.4 Å². The number of ether oxygens (including phenoxy) is 1. The number of nitrogens with two attached hydrogens (primary N) is 1. The lowest BCUT2D eigenvalue weighted by Crippen LogP contribution is -2.18. The largest absolute Gasteiger partial charge is 0.491 e. The van der Waals surface area contributed by atoms with Crippen LogP contribution in [0.15, 0.2) is 12.1 Å². The van der Waals surface area contributed by atoms with E-state index >= 15 is 0 Å². The van der Waals surface area contributed by atoms with Crippen LogP contribution >= 0.6 is 0 Å². The Labute approximate surface area is 85.5 Å². The summed E-state index contributed by atoms with van der Waals surface area (Å²) in [6.45, 7) is 0.218. The van der Waals surface area contributed by atoms with Gasteiger partial charge in [-0.2, -0.15) is 0 Å². The van der Waals surface area contributed by atoms with Crippen LogP contribution in [-0.4, -0.2) is 23.5 Å². The Morgan fingerprint density at radius 2 is 2.20 bits per heavy atom. The van der Waals surface area contributed by atoms with Crippen molar-refractivity contribution in [2.24, 2.45) is 0 Å². The van der Waals surface area contributed by atoms with E-state index in [0.29, 0.717) is 0 Å². The molecule has 0 bridgehead atoms.